The average Bonchev–Trinajstić information content (AvgIpc) is 1.78. The molecule has 0 unspecified atom stereocenters. The molecule has 1 saturated heterocycles. The van der Waals surface area contributed by atoms with E-state index in [4.69, 9.17) is 4.74 Å². The minimum atomic E-state index is -0.359. The minimum absolute atomic E-state index is 0.0831. The summed E-state index contributed by atoms with van der Waals surface area (Å²) in [5, 5.41) is 2.98. The number of halogens is 1. The van der Waals surface area contributed by atoms with Gasteiger partial charge in [-0.15, -0.1) is 0 Å². The van der Waals surface area contributed by atoms with Crippen molar-refractivity contribution in [2.45, 2.75) is 6.10 Å². The van der Waals surface area contributed by atoms with Gasteiger partial charge in [-0.1, -0.05) is 0 Å². The molecular formula is C4H7IN2O2. The molecule has 2 N–H and O–H groups in total. The molecule has 0 atom stereocenters. The number of carbonyl (C=O) groups is 1. The first-order chi connectivity index (χ1) is 4.33. The normalized spacial score (nSPS) is 18.3. The van der Waals surface area contributed by atoms with Gasteiger partial charge in [0.2, 0.25) is 0 Å². The number of amides is 1. The van der Waals surface area contributed by atoms with E-state index in [1.54, 1.807) is 22.9 Å². The van der Waals surface area contributed by atoms with Crippen LogP contribution in [0.15, 0.2) is 0 Å². The smallest absolute Gasteiger partial charge is 0.416 e. The standard InChI is InChI=1S/C4H7IN2O2/c5-7-4(8)9-3-1-6-2-3/h3,6H,1-2H2,(H,7,8). The predicted octanol–water partition coefficient (Wildman–Crippen LogP) is 0.0344. The number of rotatable bonds is 1. The summed E-state index contributed by atoms with van der Waals surface area (Å²) in [6, 6.07) is 0. The Labute approximate surface area is 66.8 Å². The lowest BCUT2D eigenvalue weighted by atomic mass is 10.2. The van der Waals surface area contributed by atoms with Crippen LogP contribution >= 0.6 is 22.9 Å². The van der Waals surface area contributed by atoms with Gasteiger partial charge in [0.25, 0.3) is 0 Å². The van der Waals surface area contributed by atoms with Crippen molar-refractivity contribution in [2.75, 3.05) is 13.1 Å². The Morgan fingerprint density at radius 2 is 2.44 bits per heavy atom. The van der Waals surface area contributed by atoms with Gasteiger partial charge >= 0.3 is 6.09 Å². The van der Waals surface area contributed by atoms with E-state index in [0.29, 0.717) is 0 Å². The van der Waals surface area contributed by atoms with Crippen molar-refractivity contribution < 1.29 is 9.53 Å². The second-order valence-electron chi connectivity index (χ2n) is 1.78. The Morgan fingerprint density at radius 3 is 2.78 bits per heavy atom. The molecule has 0 aromatic carbocycles. The van der Waals surface area contributed by atoms with E-state index in [1.807, 2.05) is 0 Å². The van der Waals surface area contributed by atoms with Gasteiger partial charge in [0.15, 0.2) is 0 Å². The van der Waals surface area contributed by atoms with Gasteiger partial charge in [-0.05, 0) is 0 Å². The molecule has 52 valence electrons. The summed E-state index contributed by atoms with van der Waals surface area (Å²) >= 11 is 1.74. The van der Waals surface area contributed by atoms with Crippen molar-refractivity contribution in [3.05, 3.63) is 0 Å². The lowest BCUT2D eigenvalue weighted by molar-refractivity contribution is 0.0727. The van der Waals surface area contributed by atoms with Crippen molar-refractivity contribution in [1.82, 2.24) is 8.85 Å². The molecule has 0 saturated carbocycles. The van der Waals surface area contributed by atoms with Gasteiger partial charge in [0.05, 0.1) is 22.9 Å². The van der Waals surface area contributed by atoms with E-state index in [9.17, 15) is 4.79 Å². The second-order valence-corrected chi connectivity index (χ2v) is 2.32. The van der Waals surface area contributed by atoms with Crippen LogP contribution in [-0.2, 0) is 4.74 Å². The highest BCUT2D eigenvalue weighted by Gasteiger charge is 2.20. The molecule has 1 aliphatic heterocycles. The van der Waals surface area contributed by atoms with Gasteiger partial charge in [-0.3, -0.25) is 3.53 Å². The fourth-order valence-corrected chi connectivity index (χ4v) is 0.646. The summed E-state index contributed by atoms with van der Waals surface area (Å²) in [5.41, 5.74) is 0. The molecule has 5 heteroatoms. The molecule has 0 bridgehead atoms. The molecule has 9 heavy (non-hydrogen) atoms. The second kappa shape index (κ2) is 3.21. The molecular weight excluding hydrogens is 235 g/mol. The van der Waals surface area contributed by atoms with Crippen LogP contribution in [0, 0.1) is 0 Å². The molecule has 0 aromatic rings. The maximum Gasteiger partial charge on any atom is 0.416 e. The number of ether oxygens (including phenoxy) is 1. The maximum atomic E-state index is 10.4. The van der Waals surface area contributed by atoms with Crippen LogP contribution < -0.4 is 8.85 Å². The Kier molecular flexibility index (Phi) is 2.52. The number of carbonyl (C=O) groups excluding carboxylic acids is 1. The van der Waals surface area contributed by atoms with Crippen molar-refractivity contribution in [3.63, 3.8) is 0 Å². The van der Waals surface area contributed by atoms with Crippen molar-refractivity contribution in [2.24, 2.45) is 0 Å². The van der Waals surface area contributed by atoms with Gasteiger partial charge in [-0.25, -0.2) is 4.79 Å². The molecule has 1 fully saturated rings. The van der Waals surface area contributed by atoms with Gasteiger partial charge in [0.1, 0.15) is 6.10 Å². The third-order valence-electron chi connectivity index (χ3n) is 1.09. The first kappa shape index (κ1) is 7.07. The quantitative estimate of drug-likeness (QED) is 0.504. The molecule has 0 radical (unpaired) electrons. The van der Waals surface area contributed by atoms with E-state index in [2.05, 4.69) is 8.85 Å². The van der Waals surface area contributed by atoms with Crippen LogP contribution in [0.3, 0.4) is 0 Å². The third-order valence-corrected chi connectivity index (χ3v) is 1.54. The molecule has 4 nitrogen and oxygen atoms in total. The lowest BCUT2D eigenvalue weighted by Crippen LogP contribution is -2.50. The summed E-state index contributed by atoms with van der Waals surface area (Å²) in [6.07, 6.45) is -0.276. The Balaban J connectivity index is 2.09. The Hall–Kier alpha value is -0.0400. The minimum Gasteiger partial charge on any atom is -0.443 e. The monoisotopic (exact) mass is 242 g/mol. The fourth-order valence-electron chi connectivity index (χ4n) is 0.519. The van der Waals surface area contributed by atoms with Crippen LogP contribution in [0.25, 0.3) is 0 Å². The van der Waals surface area contributed by atoms with E-state index in [1.165, 1.54) is 0 Å². The van der Waals surface area contributed by atoms with Crippen LogP contribution in [0.1, 0.15) is 0 Å². The lowest BCUT2D eigenvalue weighted by Gasteiger charge is -2.25. The molecule has 1 rings (SSSR count). The average molecular weight is 242 g/mol. The number of hydrogen-bond acceptors (Lipinski definition) is 3. The Morgan fingerprint density at radius 1 is 1.78 bits per heavy atom. The van der Waals surface area contributed by atoms with Crippen molar-refractivity contribution in [1.29, 1.82) is 0 Å². The molecule has 0 aromatic heterocycles. The Bertz CT molecular complexity index is 115. The van der Waals surface area contributed by atoms with Crippen LogP contribution in [-0.4, -0.2) is 25.3 Å². The highest BCUT2D eigenvalue weighted by molar-refractivity contribution is 14.1. The van der Waals surface area contributed by atoms with Gasteiger partial charge < -0.3 is 10.1 Å². The number of nitrogens with one attached hydrogen (secondary N) is 2. The summed E-state index contributed by atoms with van der Waals surface area (Å²) in [6.45, 7) is 1.56. The fraction of sp³-hybridized carbons (Fsp3) is 0.750. The van der Waals surface area contributed by atoms with E-state index < -0.39 is 0 Å². The highest BCUT2D eigenvalue weighted by Crippen LogP contribution is 1.97. The summed E-state index contributed by atoms with van der Waals surface area (Å²) in [5.74, 6) is 0. The van der Waals surface area contributed by atoms with E-state index in [0.717, 1.165) is 13.1 Å². The van der Waals surface area contributed by atoms with Crippen LogP contribution in [0.5, 0.6) is 0 Å². The van der Waals surface area contributed by atoms with Gasteiger partial charge in [0, 0.05) is 13.1 Å². The first-order valence-electron chi connectivity index (χ1n) is 2.61. The topological polar surface area (TPSA) is 50.4 Å². The van der Waals surface area contributed by atoms with Crippen molar-refractivity contribution in [3.8, 4) is 0 Å². The van der Waals surface area contributed by atoms with Crippen LogP contribution in [0.2, 0.25) is 0 Å². The third kappa shape index (κ3) is 1.98. The summed E-state index contributed by atoms with van der Waals surface area (Å²) < 4.78 is 7.16. The maximum absolute atomic E-state index is 10.4. The summed E-state index contributed by atoms with van der Waals surface area (Å²) in [4.78, 5) is 10.4. The van der Waals surface area contributed by atoms with Crippen molar-refractivity contribution >= 4 is 29.0 Å². The number of hydrogen-bond donors (Lipinski definition) is 2. The molecule has 1 heterocycles. The molecule has 1 aliphatic rings. The highest BCUT2D eigenvalue weighted by atomic mass is 127. The van der Waals surface area contributed by atoms with Gasteiger partial charge in [-0.2, -0.15) is 0 Å². The molecule has 1 amide bonds. The zero-order valence-electron chi connectivity index (χ0n) is 4.69. The molecule has 0 aliphatic carbocycles. The van der Waals surface area contributed by atoms with E-state index >= 15 is 0 Å². The SMILES string of the molecule is O=C(NI)OC1CNC1. The first-order valence-corrected chi connectivity index (χ1v) is 3.69. The predicted molar refractivity (Wildman–Crippen MR) is 40.3 cm³/mol. The zero-order valence-corrected chi connectivity index (χ0v) is 6.84. The van der Waals surface area contributed by atoms with Crippen LogP contribution in [0.4, 0.5) is 4.79 Å². The molecule has 0 spiro atoms. The van der Waals surface area contributed by atoms with E-state index in [-0.39, 0.29) is 12.2 Å². The summed E-state index contributed by atoms with van der Waals surface area (Å²) in [7, 11) is 0. The largest absolute Gasteiger partial charge is 0.443 e. The zero-order chi connectivity index (χ0) is 6.69.